The number of nitrogens with two attached hydrogens (primary N) is 1. The smallest absolute Gasteiger partial charge is 0.258 e. The topological polar surface area (TPSA) is 106 Å². The van der Waals surface area contributed by atoms with Crippen LogP contribution in [0.5, 0.6) is 0 Å². The number of furan rings is 1. The standard InChI is InChI=1S/C16H20ClN3O4S.ClH/c1-3-20(4-2)25(22,23)15-8-12(5-6-14(15)17)19-16(21)11-7-13(9-18)24-10-11;/h5-8,10H,3-4,9,18H2,1-2H3,(H,19,21);1H. The van der Waals surface area contributed by atoms with Gasteiger partial charge in [-0.2, -0.15) is 4.31 Å². The molecule has 0 aliphatic heterocycles. The third-order valence-corrected chi connectivity index (χ3v) is 6.16. The molecule has 1 heterocycles. The first-order valence-electron chi connectivity index (χ1n) is 7.72. The monoisotopic (exact) mass is 421 g/mol. The van der Waals surface area contributed by atoms with Crippen LogP contribution in [0.25, 0.3) is 0 Å². The van der Waals surface area contributed by atoms with E-state index in [2.05, 4.69) is 5.32 Å². The average Bonchev–Trinajstić information content (AvgIpc) is 3.06. The van der Waals surface area contributed by atoms with Gasteiger partial charge in [-0.05, 0) is 24.3 Å². The van der Waals surface area contributed by atoms with Crippen molar-refractivity contribution >= 4 is 45.6 Å². The van der Waals surface area contributed by atoms with Crippen LogP contribution in [0.15, 0.2) is 39.8 Å². The molecule has 3 N–H and O–H groups in total. The van der Waals surface area contributed by atoms with Crippen LogP contribution in [0.1, 0.15) is 30.0 Å². The molecule has 0 radical (unpaired) electrons. The van der Waals surface area contributed by atoms with Gasteiger partial charge in [-0.1, -0.05) is 25.4 Å². The minimum absolute atomic E-state index is 0. The van der Waals surface area contributed by atoms with E-state index >= 15 is 0 Å². The molecule has 0 saturated carbocycles. The summed E-state index contributed by atoms with van der Waals surface area (Å²) in [5.74, 6) is 0.0445. The number of benzene rings is 1. The number of hydrogen-bond donors (Lipinski definition) is 2. The van der Waals surface area contributed by atoms with Gasteiger partial charge in [-0.3, -0.25) is 4.79 Å². The second kappa shape index (κ2) is 9.38. The van der Waals surface area contributed by atoms with Crippen molar-refractivity contribution in [3.8, 4) is 0 Å². The average molecular weight is 422 g/mol. The molecule has 0 spiro atoms. The number of nitrogens with one attached hydrogen (secondary N) is 1. The van der Waals surface area contributed by atoms with Gasteiger partial charge in [0.05, 0.1) is 17.1 Å². The van der Waals surface area contributed by atoms with Gasteiger partial charge in [0, 0.05) is 18.8 Å². The Kier molecular flexibility index (Phi) is 8.11. The Morgan fingerprint density at radius 3 is 2.46 bits per heavy atom. The summed E-state index contributed by atoms with van der Waals surface area (Å²) in [4.78, 5) is 12.2. The molecule has 144 valence electrons. The van der Waals surface area contributed by atoms with E-state index in [-0.39, 0.29) is 28.9 Å². The van der Waals surface area contributed by atoms with Gasteiger partial charge in [0.1, 0.15) is 16.9 Å². The molecule has 0 saturated heterocycles. The summed E-state index contributed by atoms with van der Waals surface area (Å²) in [5, 5.41) is 2.72. The number of carbonyl (C=O) groups is 1. The van der Waals surface area contributed by atoms with Crippen LogP contribution < -0.4 is 11.1 Å². The van der Waals surface area contributed by atoms with E-state index in [1.165, 1.54) is 34.8 Å². The van der Waals surface area contributed by atoms with Crippen molar-refractivity contribution in [3.63, 3.8) is 0 Å². The van der Waals surface area contributed by atoms with Crippen LogP contribution in [-0.2, 0) is 16.6 Å². The molecule has 0 unspecified atom stereocenters. The van der Waals surface area contributed by atoms with Crippen LogP contribution in [-0.4, -0.2) is 31.7 Å². The number of sulfonamides is 1. The summed E-state index contributed by atoms with van der Waals surface area (Å²) in [6.07, 6.45) is 1.29. The quantitative estimate of drug-likeness (QED) is 0.713. The fourth-order valence-corrected chi connectivity index (χ4v) is 4.25. The molecule has 0 fully saturated rings. The van der Waals surface area contributed by atoms with Gasteiger partial charge >= 0.3 is 0 Å². The summed E-state index contributed by atoms with van der Waals surface area (Å²) in [5.41, 5.74) is 6.05. The highest BCUT2D eigenvalue weighted by Crippen LogP contribution is 2.28. The third kappa shape index (κ3) is 4.77. The summed E-state index contributed by atoms with van der Waals surface area (Å²) in [7, 11) is -3.74. The molecule has 0 aliphatic carbocycles. The Labute approximate surface area is 164 Å². The van der Waals surface area contributed by atoms with Crippen LogP contribution >= 0.6 is 24.0 Å². The van der Waals surface area contributed by atoms with Crippen molar-refractivity contribution in [3.05, 3.63) is 46.9 Å². The van der Waals surface area contributed by atoms with Crippen molar-refractivity contribution in [1.29, 1.82) is 0 Å². The van der Waals surface area contributed by atoms with Crippen molar-refractivity contribution < 1.29 is 17.6 Å². The van der Waals surface area contributed by atoms with Crippen molar-refractivity contribution in [1.82, 2.24) is 4.31 Å². The minimum Gasteiger partial charge on any atom is -0.467 e. The van der Waals surface area contributed by atoms with Crippen LogP contribution in [0, 0.1) is 0 Å². The zero-order valence-electron chi connectivity index (χ0n) is 14.4. The van der Waals surface area contributed by atoms with E-state index < -0.39 is 15.9 Å². The highest BCUT2D eigenvalue weighted by molar-refractivity contribution is 7.89. The predicted molar refractivity (Wildman–Crippen MR) is 103 cm³/mol. The molecule has 1 aromatic heterocycles. The Morgan fingerprint density at radius 2 is 1.92 bits per heavy atom. The first-order chi connectivity index (χ1) is 11.8. The van der Waals surface area contributed by atoms with Crippen LogP contribution in [0.2, 0.25) is 5.02 Å². The van der Waals surface area contributed by atoms with Gasteiger partial charge < -0.3 is 15.5 Å². The molecule has 0 atom stereocenters. The second-order valence-corrected chi connectivity index (χ2v) is 7.51. The second-order valence-electron chi connectivity index (χ2n) is 5.19. The number of amides is 1. The summed E-state index contributed by atoms with van der Waals surface area (Å²) >= 11 is 6.07. The highest BCUT2D eigenvalue weighted by atomic mass is 35.5. The lowest BCUT2D eigenvalue weighted by Crippen LogP contribution is -2.30. The number of hydrogen-bond acceptors (Lipinski definition) is 5. The summed E-state index contributed by atoms with van der Waals surface area (Å²) < 4.78 is 31.7. The van der Waals surface area contributed by atoms with Crippen LogP contribution in [0.3, 0.4) is 0 Å². The first kappa shape index (κ1) is 22.5. The molecule has 1 amide bonds. The largest absolute Gasteiger partial charge is 0.467 e. The lowest BCUT2D eigenvalue weighted by molar-refractivity contribution is 0.102. The fraction of sp³-hybridized carbons (Fsp3) is 0.312. The van der Waals surface area contributed by atoms with E-state index in [4.69, 9.17) is 21.8 Å². The Morgan fingerprint density at radius 1 is 1.27 bits per heavy atom. The number of rotatable bonds is 7. The maximum atomic E-state index is 12.7. The first-order valence-corrected chi connectivity index (χ1v) is 9.53. The molecule has 0 aliphatic rings. The lowest BCUT2D eigenvalue weighted by Gasteiger charge is -2.19. The minimum atomic E-state index is -3.74. The van der Waals surface area contributed by atoms with E-state index in [0.717, 1.165) is 0 Å². The Bertz CT molecular complexity index is 864. The molecular formula is C16H21Cl2N3O4S. The number of nitrogens with zero attached hydrogens (tertiary/aromatic N) is 1. The lowest BCUT2D eigenvalue weighted by atomic mass is 10.2. The molecule has 10 heteroatoms. The van der Waals surface area contributed by atoms with Gasteiger partial charge in [0.2, 0.25) is 10.0 Å². The molecule has 7 nitrogen and oxygen atoms in total. The highest BCUT2D eigenvalue weighted by Gasteiger charge is 2.25. The predicted octanol–water partition coefficient (Wildman–Crippen LogP) is 3.10. The van der Waals surface area contributed by atoms with Crippen molar-refractivity contribution in [2.75, 3.05) is 18.4 Å². The van der Waals surface area contributed by atoms with Gasteiger partial charge in [-0.15, -0.1) is 12.4 Å². The van der Waals surface area contributed by atoms with Gasteiger partial charge in [0.25, 0.3) is 5.91 Å². The molecule has 2 aromatic rings. The Balaban J connectivity index is 0.00000338. The van der Waals surface area contributed by atoms with Crippen molar-refractivity contribution in [2.24, 2.45) is 5.73 Å². The molecular weight excluding hydrogens is 401 g/mol. The maximum Gasteiger partial charge on any atom is 0.258 e. The zero-order valence-corrected chi connectivity index (χ0v) is 16.7. The van der Waals surface area contributed by atoms with Gasteiger partial charge in [0.15, 0.2) is 0 Å². The zero-order chi connectivity index (χ0) is 18.6. The van der Waals surface area contributed by atoms with E-state index in [0.29, 0.717) is 30.1 Å². The summed E-state index contributed by atoms with van der Waals surface area (Å²) in [6, 6.07) is 5.84. The fourth-order valence-electron chi connectivity index (χ4n) is 2.29. The SMILES string of the molecule is CCN(CC)S(=O)(=O)c1cc(NC(=O)c2coc(CN)c2)ccc1Cl.Cl. The third-order valence-electron chi connectivity index (χ3n) is 3.63. The Hall–Kier alpha value is -1.58. The number of carbonyl (C=O) groups excluding carboxylic acids is 1. The van der Waals surface area contributed by atoms with Crippen molar-refractivity contribution in [2.45, 2.75) is 25.3 Å². The molecule has 1 aromatic carbocycles. The summed E-state index contributed by atoms with van der Waals surface area (Å²) in [6.45, 7) is 4.31. The normalized spacial score (nSPS) is 11.3. The van der Waals surface area contributed by atoms with E-state index in [1.54, 1.807) is 13.8 Å². The molecule has 2 rings (SSSR count). The maximum absolute atomic E-state index is 12.7. The number of halogens is 2. The van der Waals surface area contributed by atoms with E-state index in [9.17, 15) is 13.2 Å². The molecule has 0 bridgehead atoms. The van der Waals surface area contributed by atoms with Crippen LogP contribution in [0.4, 0.5) is 5.69 Å². The molecule has 26 heavy (non-hydrogen) atoms. The van der Waals surface area contributed by atoms with E-state index in [1.807, 2.05) is 0 Å². The number of anilines is 1. The van der Waals surface area contributed by atoms with Gasteiger partial charge in [-0.25, -0.2) is 8.42 Å².